The van der Waals surface area contributed by atoms with Gasteiger partial charge < -0.3 is 24.6 Å². The molecule has 9 atom stereocenters. The second-order valence-corrected chi connectivity index (χ2v) is 11.0. The van der Waals surface area contributed by atoms with E-state index >= 15 is 0 Å². The highest BCUT2D eigenvalue weighted by Gasteiger charge is 2.78. The second kappa shape index (κ2) is 8.56. The maximum absolute atomic E-state index is 13.8. The van der Waals surface area contributed by atoms with Crippen molar-refractivity contribution in [1.29, 1.82) is 0 Å². The Balaban J connectivity index is 1.58. The Labute approximate surface area is 210 Å². The van der Waals surface area contributed by atoms with Crippen molar-refractivity contribution in [2.75, 3.05) is 0 Å². The minimum Gasteiger partial charge on any atom is -0.416 e. The van der Waals surface area contributed by atoms with Crippen LogP contribution in [0.3, 0.4) is 0 Å². The van der Waals surface area contributed by atoms with E-state index in [2.05, 4.69) is 5.32 Å². The lowest BCUT2D eigenvalue weighted by Gasteiger charge is -2.45. The van der Waals surface area contributed by atoms with Crippen molar-refractivity contribution >= 4 is 17.8 Å². The molecule has 3 heterocycles. The fraction of sp³-hybridized carbons (Fsp3) is 0.536. The predicted molar refractivity (Wildman–Crippen MR) is 129 cm³/mol. The number of carbonyl (C=O) groups is 3. The number of aliphatic hydroxyl groups is 1. The van der Waals surface area contributed by atoms with Crippen molar-refractivity contribution in [2.24, 2.45) is 23.7 Å². The summed E-state index contributed by atoms with van der Waals surface area (Å²) in [6, 6.07) is 9.58. The largest absolute Gasteiger partial charge is 0.514 e. The van der Waals surface area contributed by atoms with Crippen LogP contribution in [0.25, 0.3) is 0 Å². The molecule has 1 saturated carbocycles. The van der Waals surface area contributed by atoms with E-state index < -0.39 is 40.6 Å². The van der Waals surface area contributed by atoms with Crippen LogP contribution in [0, 0.1) is 23.7 Å². The average Bonchev–Trinajstić information content (AvgIpc) is 3.45. The van der Waals surface area contributed by atoms with Crippen LogP contribution in [0.4, 0.5) is 4.79 Å². The number of fused-ring (bicyclic) bond motifs is 2. The highest BCUT2D eigenvalue weighted by molar-refractivity contribution is 5.92. The zero-order chi connectivity index (χ0) is 25.9. The van der Waals surface area contributed by atoms with Gasteiger partial charge in [0.05, 0.1) is 23.9 Å². The third-order valence-corrected chi connectivity index (χ3v) is 8.64. The number of amides is 1. The summed E-state index contributed by atoms with van der Waals surface area (Å²) in [6.07, 6.45) is 5.28. The molecule has 1 aromatic carbocycles. The third-order valence-electron chi connectivity index (χ3n) is 8.64. The number of hydrogen-bond donors (Lipinski definition) is 2. The van der Waals surface area contributed by atoms with Crippen LogP contribution in [0.15, 0.2) is 54.8 Å². The van der Waals surface area contributed by atoms with E-state index in [1.165, 1.54) is 6.92 Å². The second-order valence-electron chi connectivity index (χ2n) is 11.0. The summed E-state index contributed by atoms with van der Waals surface area (Å²) in [7, 11) is 0. The Morgan fingerprint density at radius 3 is 2.56 bits per heavy atom. The van der Waals surface area contributed by atoms with Crippen molar-refractivity contribution in [3.8, 4) is 0 Å². The van der Waals surface area contributed by atoms with Crippen molar-refractivity contribution in [3.63, 3.8) is 0 Å². The molecule has 1 amide bonds. The maximum Gasteiger partial charge on any atom is 0.514 e. The molecule has 3 fully saturated rings. The van der Waals surface area contributed by atoms with Gasteiger partial charge in [0.2, 0.25) is 5.60 Å². The van der Waals surface area contributed by atoms with Crippen molar-refractivity contribution in [3.05, 3.63) is 60.4 Å². The fourth-order valence-corrected chi connectivity index (χ4v) is 6.51. The van der Waals surface area contributed by atoms with E-state index in [4.69, 9.17) is 14.2 Å². The molecule has 1 spiro atoms. The fourth-order valence-electron chi connectivity index (χ4n) is 6.51. The van der Waals surface area contributed by atoms with E-state index in [1.54, 1.807) is 6.92 Å². The molecule has 8 nitrogen and oxygen atoms in total. The van der Waals surface area contributed by atoms with Gasteiger partial charge in [0, 0.05) is 17.9 Å². The van der Waals surface area contributed by atoms with Gasteiger partial charge in [-0.1, -0.05) is 56.3 Å². The van der Waals surface area contributed by atoms with Gasteiger partial charge >= 0.3 is 6.16 Å². The van der Waals surface area contributed by atoms with E-state index in [-0.39, 0.29) is 29.9 Å². The Bertz CT molecular complexity index is 1130. The number of rotatable bonds is 2. The van der Waals surface area contributed by atoms with E-state index in [9.17, 15) is 19.5 Å². The molecular formula is C28H33NO7. The minimum atomic E-state index is -1.81. The standard InChI is InChI=1S/C28H33NO7/c1-16-9-8-12-19-23-27(4,35-23)17(2)21-20(15-18-10-6-5-7-11-18)29-24(31)28(19,21)36-25(32)34-14-13-26(3,33)22(16)30/h5-8,10-14,16-17,19-21,23,33H,9,15H2,1-4H3,(H,29,31)/b12-8+,14-13+/t16-,17?,19-,20-,21-,23-,26+,27+,28+/m0/s1. The van der Waals surface area contributed by atoms with E-state index in [0.29, 0.717) is 12.8 Å². The molecular weight excluding hydrogens is 462 g/mol. The zero-order valence-corrected chi connectivity index (χ0v) is 21.0. The first kappa shape index (κ1) is 24.7. The van der Waals surface area contributed by atoms with Crippen LogP contribution in [0.2, 0.25) is 0 Å². The van der Waals surface area contributed by atoms with Crippen molar-refractivity contribution < 1.29 is 33.7 Å². The first-order valence-corrected chi connectivity index (χ1v) is 12.5. The number of Topliss-reactive ketones (excluding diaryl/α,β-unsaturated/α-hetero) is 1. The lowest BCUT2D eigenvalue weighted by molar-refractivity contribution is -0.153. The Kier molecular flexibility index (Phi) is 5.87. The monoisotopic (exact) mass is 495 g/mol. The van der Waals surface area contributed by atoms with Crippen molar-refractivity contribution in [2.45, 2.75) is 69.5 Å². The van der Waals surface area contributed by atoms with Gasteiger partial charge in [0.25, 0.3) is 5.91 Å². The first-order valence-electron chi connectivity index (χ1n) is 12.5. The van der Waals surface area contributed by atoms with Gasteiger partial charge in [-0.3, -0.25) is 9.59 Å². The number of hydrogen-bond acceptors (Lipinski definition) is 7. The summed E-state index contributed by atoms with van der Waals surface area (Å²) in [5.74, 6) is -2.32. The third kappa shape index (κ3) is 3.78. The summed E-state index contributed by atoms with van der Waals surface area (Å²) < 4.78 is 17.3. The topological polar surface area (TPSA) is 114 Å². The van der Waals surface area contributed by atoms with E-state index in [1.807, 2.05) is 56.3 Å². The molecule has 2 N–H and O–H groups in total. The van der Waals surface area contributed by atoms with Gasteiger partial charge in [-0.25, -0.2) is 4.79 Å². The summed E-state index contributed by atoms with van der Waals surface area (Å²) in [4.78, 5) is 39.5. The maximum atomic E-state index is 13.8. The molecule has 192 valence electrons. The summed E-state index contributed by atoms with van der Waals surface area (Å²) >= 11 is 0. The molecule has 3 aliphatic heterocycles. The predicted octanol–water partition coefficient (Wildman–Crippen LogP) is 3.09. The lowest BCUT2D eigenvalue weighted by Crippen LogP contribution is -2.61. The Hall–Kier alpha value is -2.97. The van der Waals surface area contributed by atoms with Crippen LogP contribution >= 0.6 is 0 Å². The normalized spacial score (nSPS) is 45.8. The lowest BCUT2D eigenvalue weighted by atomic mass is 9.59. The molecule has 5 rings (SSSR count). The molecule has 1 unspecified atom stereocenters. The summed E-state index contributed by atoms with van der Waals surface area (Å²) in [6.45, 7) is 7.15. The summed E-state index contributed by atoms with van der Waals surface area (Å²) in [5.41, 5.74) is -2.76. The zero-order valence-electron chi connectivity index (χ0n) is 21.0. The smallest absolute Gasteiger partial charge is 0.416 e. The number of epoxide rings is 1. The number of benzene rings is 1. The highest BCUT2D eigenvalue weighted by Crippen LogP contribution is 2.63. The number of allylic oxidation sites excluding steroid dienone is 1. The summed E-state index contributed by atoms with van der Waals surface area (Å²) in [5, 5.41) is 13.7. The molecule has 8 heteroatoms. The first-order chi connectivity index (χ1) is 17.0. The van der Waals surface area contributed by atoms with Crippen LogP contribution in [0.5, 0.6) is 0 Å². The van der Waals surface area contributed by atoms with Gasteiger partial charge in [-0.2, -0.15) is 0 Å². The molecule has 36 heavy (non-hydrogen) atoms. The molecule has 1 aromatic rings. The van der Waals surface area contributed by atoms with Crippen LogP contribution < -0.4 is 5.32 Å². The minimum absolute atomic E-state index is 0.0972. The average molecular weight is 496 g/mol. The van der Waals surface area contributed by atoms with Gasteiger partial charge in [-0.05, 0) is 44.2 Å². The number of nitrogens with one attached hydrogen (secondary N) is 1. The molecule has 1 aliphatic carbocycles. The van der Waals surface area contributed by atoms with Crippen molar-refractivity contribution in [1.82, 2.24) is 5.32 Å². The SMILES string of the molecule is CC1[C@H]2[C@H](Cc3ccccc3)NC(=O)[C@]23OC(=O)O/C=C/[C@@](C)(O)C(=O)[C@@H](C)C/C=C/[C@H]3[C@@H]2O[C@]12C. The molecule has 0 aromatic heterocycles. The van der Waals surface area contributed by atoms with Crippen LogP contribution in [-0.2, 0) is 30.2 Å². The number of ketones is 1. The number of carbonyl (C=O) groups excluding carboxylic acids is 3. The quantitative estimate of drug-likeness (QED) is 0.368. The molecule has 4 aliphatic rings. The van der Waals surface area contributed by atoms with E-state index in [0.717, 1.165) is 17.9 Å². The molecule has 2 saturated heterocycles. The number of ether oxygens (including phenoxy) is 3. The highest BCUT2D eigenvalue weighted by atomic mass is 16.7. The van der Waals surface area contributed by atoms with Gasteiger partial charge in [0.15, 0.2) is 5.78 Å². The molecule has 0 bridgehead atoms. The molecule has 0 radical (unpaired) electrons. The van der Waals surface area contributed by atoms with Crippen LogP contribution in [-0.4, -0.2) is 51.9 Å². The number of cyclic esters (lactones) is 1. The van der Waals surface area contributed by atoms with Crippen LogP contribution in [0.1, 0.15) is 39.7 Å². The van der Waals surface area contributed by atoms with Gasteiger partial charge in [0.1, 0.15) is 5.60 Å². The van der Waals surface area contributed by atoms with Gasteiger partial charge in [-0.15, -0.1) is 0 Å². The Morgan fingerprint density at radius 1 is 1.11 bits per heavy atom. The Morgan fingerprint density at radius 2 is 1.83 bits per heavy atom.